The highest BCUT2D eigenvalue weighted by Gasteiger charge is 2.50. The van der Waals surface area contributed by atoms with Crippen molar-refractivity contribution in [2.75, 3.05) is 0 Å². The summed E-state index contributed by atoms with van der Waals surface area (Å²) in [6.45, 7) is 5.55. The van der Waals surface area contributed by atoms with E-state index in [-0.39, 0.29) is 5.78 Å². The first kappa shape index (κ1) is 20.0. The standard InChI is InChI=1S/C24H23ClO3/c1-23(2,3)22(26)24(18-14-16-19(25)17-15-18,27-20-10-6-4-7-11-20)28-21-12-8-5-9-13-21/h4-17H,1-3H3. The third-order valence-corrected chi connectivity index (χ3v) is 4.47. The van der Waals surface area contributed by atoms with Gasteiger partial charge in [-0.25, -0.2) is 0 Å². The van der Waals surface area contributed by atoms with Gasteiger partial charge >= 0.3 is 5.79 Å². The summed E-state index contributed by atoms with van der Waals surface area (Å²) in [5, 5.41) is 0.570. The van der Waals surface area contributed by atoms with Gasteiger partial charge in [-0.3, -0.25) is 4.79 Å². The van der Waals surface area contributed by atoms with Crippen molar-refractivity contribution in [3.05, 3.63) is 95.5 Å². The second-order valence-electron chi connectivity index (χ2n) is 7.53. The number of carbonyl (C=O) groups excluding carboxylic acids is 1. The lowest BCUT2D eigenvalue weighted by atomic mass is 9.82. The summed E-state index contributed by atoms with van der Waals surface area (Å²) in [6, 6.07) is 25.4. The Bertz CT molecular complexity index is 872. The lowest BCUT2D eigenvalue weighted by Crippen LogP contribution is -2.52. The Morgan fingerprint density at radius 3 is 1.54 bits per heavy atom. The third-order valence-electron chi connectivity index (χ3n) is 4.21. The first-order valence-corrected chi connectivity index (χ1v) is 9.48. The molecule has 0 unspecified atom stereocenters. The average Bonchev–Trinajstić information content (AvgIpc) is 2.68. The monoisotopic (exact) mass is 394 g/mol. The van der Waals surface area contributed by atoms with Crippen LogP contribution < -0.4 is 9.47 Å². The molecule has 4 heteroatoms. The molecule has 3 rings (SSSR count). The van der Waals surface area contributed by atoms with Crippen LogP contribution >= 0.6 is 11.6 Å². The summed E-state index contributed by atoms with van der Waals surface area (Å²) in [5.74, 6) is -0.794. The zero-order valence-corrected chi connectivity index (χ0v) is 16.9. The van der Waals surface area contributed by atoms with E-state index in [0.29, 0.717) is 22.1 Å². The van der Waals surface area contributed by atoms with E-state index in [1.165, 1.54) is 0 Å². The van der Waals surface area contributed by atoms with Gasteiger partial charge in [-0.05, 0) is 48.5 Å². The molecule has 0 saturated heterocycles. The fraction of sp³-hybridized carbons (Fsp3) is 0.208. The Labute approximate surface area is 170 Å². The molecule has 0 amide bonds. The minimum Gasteiger partial charge on any atom is -0.442 e. The number of Topliss-reactive ketones (excluding diaryl/α,β-unsaturated/α-hetero) is 1. The molecule has 0 aliphatic rings. The van der Waals surface area contributed by atoms with Crippen LogP contribution in [0.5, 0.6) is 11.5 Å². The highest BCUT2D eigenvalue weighted by Crippen LogP contribution is 2.38. The summed E-state index contributed by atoms with van der Waals surface area (Å²) >= 11 is 6.09. The van der Waals surface area contributed by atoms with Crippen molar-refractivity contribution in [3.8, 4) is 11.5 Å². The molecule has 0 radical (unpaired) electrons. The summed E-state index contributed by atoms with van der Waals surface area (Å²) in [7, 11) is 0. The van der Waals surface area contributed by atoms with Gasteiger partial charge in [0.2, 0.25) is 5.78 Å². The van der Waals surface area contributed by atoms with Crippen LogP contribution in [-0.4, -0.2) is 5.78 Å². The SMILES string of the molecule is CC(C)(C)C(=O)C(Oc1ccccc1)(Oc1ccccc1)c1ccc(Cl)cc1. The van der Waals surface area contributed by atoms with E-state index < -0.39 is 11.2 Å². The van der Waals surface area contributed by atoms with Gasteiger partial charge in [0.05, 0.1) is 0 Å². The topological polar surface area (TPSA) is 35.5 Å². The number of ketones is 1. The van der Waals surface area contributed by atoms with Crippen molar-refractivity contribution in [2.45, 2.75) is 26.6 Å². The minimum absolute atomic E-state index is 0.199. The summed E-state index contributed by atoms with van der Waals surface area (Å²) < 4.78 is 12.6. The summed E-state index contributed by atoms with van der Waals surface area (Å²) in [4.78, 5) is 13.7. The third kappa shape index (κ3) is 4.37. The molecule has 0 heterocycles. The molecular weight excluding hydrogens is 372 g/mol. The van der Waals surface area contributed by atoms with Crippen LogP contribution in [0.3, 0.4) is 0 Å². The smallest absolute Gasteiger partial charge is 0.339 e. The predicted molar refractivity (Wildman–Crippen MR) is 112 cm³/mol. The van der Waals surface area contributed by atoms with E-state index in [4.69, 9.17) is 21.1 Å². The second-order valence-corrected chi connectivity index (χ2v) is 7.97. The van der Waals surface area contributed by atoms with Crippen LogP contribution in [0, 0.1) is 5.41 Å². The number of halogens is 1. The van der Waals surface area contributed by atoms with Crippen molar-refractivity contribution in [3.63, 3.8) is 0 Å². The van der Waals surface area contributed by atoms with Gasteiger partial charge in [0.1, 0.15) is 11.5 Å². The minimum atomic E-state index is -1.66. The molecule has 3 aromatic rings. The second kappa shape index (κ2) is 8.07. The number of hydrogen-bond acceptors (Lipinski definition) is 3. The van der Waals surface area contributed by atoms with Crippen LogP contribution in [0.4, 0.5) is 0 Å². The Morgan fingerprint density at radius 2 is 1.14 bits per heavy atom. The number of benzene rings is 3. The molecular formula is C24H23ClO3. The van der Waals surface area contributed by atoms with E-state index in [1.54, 1.807) is 48.5 Å². The molecule has 0 spiro atoms. The average molecular weight is 395 g/mol. The van der Waals surface area contributed by atoms with Gasteiger partial charge < -0.3 is 9.47 Å². The van der Waals surface area contributed by atoms with Crippen LogP contribution in [0.25, 0.3) is 0 Å². The molecule has 0 aliphatic carbocycles. The summed E-state index contributed by atoms with van der Waals surface area (Å²) in [5.41, 5.74) is -0.145. The molecule has 28 heavy (non-hydrogen) atoms. The molecule has 144 valence electrons. The van der Waals surface area contributed by atoms with E-state index in [2.05, 4.69) is 0 Å². The maximum atomic E-state index is 13.7. The highest BCUT2D eigenvalue weighted by molar-refractivity contribution is 6.30. The predicted octanol–water partition coefficient (Wildman–Crippen LogP) is 6.27. The van der Waals surface area contributed by atoms with Gasteiger partial charge in [-0.15, -0.1) is 0 Å². The van der Waals surface area contributed by atoms with Crippen LogP contribution in [0.2, 0.25) is 5.02 Å². The maximum absolute atomic E-state index is 13.7. The van der Waals surface area contributed by atoms with Crippen molar-refractivity contribution in [1.82, 2.24) is 0 Å². The Kier molecular flexibility index (Phi) is 5.76. The first-order chi connectivity index (χ1) is 13.3. The van der Waals surface area contributed by atoms with Gasteiger partial charge in [0.25, 0.3) is 0 Å². The zero-order valence-electron chi connectivity index (χ0n) is 16.2. The number of rotatable bonds is 6. The highest BCUT2D eigenvalue weighted by atomic mass is 35.5. The largest absolute Gasteiger partial charge is 0.442 e. The fourth-order valence-electron chi connectivity index (χ4n) is 2.83. The zero-order chi connectivity index (χ0) is 20.2. The molecule has 0 aromatic heterocycles. The quantitative estimate of drug-likeness (QED) is 0.462. The molecule has 0 bridgehead atoms. The molecule has 0 aliphatic heterocycles. The maximum Gasteiger partial charge on any atom is 0.339 e. The van der Waals surface area contributed by atoms with Crippen molar-refractivity contribution >= 4 is 17.4 Å². The van der Waals surface area contributed by atoms with E-state index in [1.807, 2.05) is 57.2 Å². The first-order valence-electron chi connectivity index (χ1n) is 9.10. The fourth-order valence-corrected chi connectivity index (χ4v) is 2.96. The molecule has 0 atom stereocenters. The van der Waals surface area contributed by atoms with Gasteiger partial charge in [-0.1, -0.05) is 68.8 Å². The Morgan fingerprint density at radius 1 is 0.714 bits per heavy atom. The normalized spacial score (nSPS) is 11.7. The lowest BCUT2D eigenvalue weighted by molar-refractivity contribution is -0.176. The number of para-hydroxylation sites is 2. The molecule has 3 aromatic carbocycles. The van der Waals surface area contributed by atoms with Crippen molar-refractivity contribution < 1.29 is 14.3 Å². The van der Waals surface area contributed by atoms with Gasteiger partial charge in [0.15, 0.2) is 0 Å². The van der Waals surface area contributed by atoms with Crippen molar-refractivity contribution in [2.24, 2.45) is 5.41 Å². The van der Waals surface area contributed by atoms with Gasteiger partial charge in [-0.2, -0.15) is 0 Å². The molecule has 0 saturated carbocycles. The van der Waals surface area contributed by atoms with Crippen molar-refractivity contribution in [1.29, 1.82) is 0 Å². The Balaban J connectivity index is 2.20. The van der Waals surface area contributed by atoms with Crippen LogP contribution in [0.1, 0.15) is 26.3 Å². The van der Waals surface area contributed by atoms with E-state index >= 15 is 0 Å². The van der Waals surface area contributed by atoms with Crippen LogP contribution in [0.15, 0.2) is 84.9 Å². The van der Waals surface area contributed by atoms with E-state index in [0.717, 1.165) is 0 Å². The number of ether oxygens (including phenoxy) is 2. The van der Waals surface area contributed by atoms with Gasteiger partial charge in [0, 0.05) is 16.0 Å². The molecule has 0 N–H and O–H groups in total. The number of hydrogen-bond donors (Lipinski definition) is 0. The van der Waals surface area contributed by atoms with E-state index in [9.17, 15) is 4.79 Å². The summed E-state index contributed by atoms with van der Waals surface area (Å²) in [6.07, 6.45) is 0. The Hall–Kier alpha value is -2.78. The molecule has 0 fully saturated rings. The van der Waals surface area contributed by atoms with Crippen LogP contribution in [-0.2, 0) is 10.6 Å². The lowest BCUT2D eigenvalue weighted by Gasteiger charge is -2.37. The number of carbonyl (C=O) groups is 1. The molecule has 3 nitrogen and oxygen atoms in total.